The van der Waals surface area contributed by atoms with Gasteiger partial charge in [-0.25, -0.2) is 4.98 Å². The van der Waals surface area contributed by atoms with Crippen LogP contribution in [0.4, 0.5) is 17.5 Å². The molecule has 0 saturated carbocycles. The quantitative estimate of drug-likeness (QED) is 0.508. The average molecular weight is 350 g/mol. The van der Waals surface area contributed by atoms with E-state index in [1.807, 2.05) is 42.9 Å². The highest BCUT2D eigenvalue weighted by Gasteiger charge is 2.11. The van der Waals surface area contributed by atoms with E-state index in [-0.39, 0.29) is 0 Å². The Morgan fingerprint density at radius 3 is 2.85 bits per heavy atom. The minimum atomic E-state index is 0.458. The van der Waals surface area contributed by atoms with Crippen molar-refractivity contribution in [3.05, 3.63) is 42.6 Å². The maximum Gasteiger partial charge on any atom is 0.231 e. The van der Waals surface area contributed by atoms with E-state index in [0.717, 1.165) is 22.5 Å². The highest BCUT2D eigenvalue weighted by molar-refractivity contribution is 5.87. The van der Waals surface area contributed by atoms with E-state index in [4.69, 9.17) is 4.74 Å². The van der Waals surface area contributed by atoms with Gasteiger partial charge in [0.05, 0.1) is 36.4 Å². The van der Waals surface area contributed by atoms with Crippen LogP contribution in [0.1, 0.15) is 5.69 Å². The lowest BCUT2D eigenvalue weighted by molar-refractivity contribution is 0.413. The number of ether oxygens (including phenoxy) is 1. The second-order valence-corrected chi connectivity index (χ2v) is 5.71. The molecule has 26 heavy (non-hydrogen) atoms. The number of rotatable bonds is 5. The number of methoxy groups -OCH3 is 1. The number of aromatic amines is 1. The molecule has 0 radical (unpaired) electrons. The van der Waals surface area contributed by atoms with E-state index < -0.39 is 0 Å². The minimum absolute atomic E-state index is 0.458. The van der Waals surface area contributed by atoms with Gasteiger partial charge in [-0.1, -0.05) is 0 Å². The fourth-order valence-corrected chi connectivity index (χ4v) is 2.73. The lowest BCUT2D eigenvalue weighted by Crippen LogP contribution is -2.02. The van der Waals surface area contributed by atoms with Gasteiger partial charge < -0.3 is 19.9 Å². The van der Waals surface area contributed by atoms with Crippen LogP contribution in [0.25, 0.3) is 16.7 Å². The summed E-state index contributed by atoms with van der Waals surface area (Å²) in [6.07, 6.45) is 5.39. The molecule has 0 saturated heterocycles. The third kappa shape index (κ3) is 2.79. The molecule has 0 atom stereocenters. The molecule has 0 amide bonds. The Balaban J connectivity index is 1.68. The first-order valence-electron chi connectivity index (χ1n) is 8.03. The molecule has 0 aliphatic heterocycles. The van der Waals surface area contributed by atoms with Crippen molar-refractivity contribution in [3.8, 4) is 11.4 Å². The molecular formula is C17H18N8O. The minimum Gasteiger partial charge on any atom is -0.494 e. The molecule has 3 N–H and O–H groups in total. The molecule has 9 heteroatoms. The van der Waals surface area contributed by atoms with Crippen molar-refractivity contribution in [2.24, 2.45) is 0 Å². The van der Waals surface area contributed by atoms with Crippen molar-refractivity contribution in [3.63, 3.8) is 0 Å². The summed E-state index contributed by atoms with van der Waals surface area (Å²) < 4.78 is 7.45. The van der Waals surface area contributed by atoms with E-state index in [1.54, 1.807) is 19.6 Å². The van der Waals surface area contributed by atoms with Crippen LogP contribution in [0.2, 0.25) is 0 Å². The fraction of sp³-hybridized carbons (Fsp3) is 0.176. The number of aromatic nitrogens is 6. The van der Waals surface area contributed by atoms with E-state index in [2.05, 4.69) is 35.8 Å². The Hall–Kier alpha value is -3.62. The zero-order valence-electron chi connectivity index (χ0n) is 14.6. The summed E-state index contributed by atoms with van der Waals surface area (Å²) in [4.78, 5) is 13.2. The second kappa shape index (κ2) is 6.36. The Morgan fingerprint density at radius 1 is 1.23 bits per heavy atom. The lowest BCUT2D eigenvalue weighted by atomic mass is 10.2. The van der Waals surface area contributed by atoms with Crippen LogP contribution in [0.15, 0.2) is 36.9 Å². The maximum atomic E-state index is 5.53. The van der Waals surface area contributed by atoms with Crippen molar-refractivity contribution < 1.29 is 4.74 Å². The smallest absolute Gasteiger partial charge is 0.231 e. The number of hydrogen-bond donors (Lipinski definition) is 3. The van der Waals surface area contributed by atoms with Gasteiger partial charge in [-0.05, 0) is 19.1 Å². The fourth-order valence-electron chi connectivity index (χ4n) is 2.73. The topological polar surface area (TPSA) is 106 Å². The summed E-state index contributed by atoms with van der Waals surface area (Å²) in [7, 11) is 3.45. The van der Waals surface area contributed by atoms with Crippen LogP contribution in [-0.4, -0.2) is 43.9 Å². The Bertz CT molecular complexity index is 1070. The zero-order valence-corrected chi connectivity index (χ0v) is 14.6. The van der Waals surface area contributed by atoms with Gasteiger partial charge in [0.1, 0.15) is 11.6 Å². The number of fused-ring (bicyclic) bond motifs is 1. The molecule has 0 unspecified atom stereocenters. The van der Waals surface area contributed by atoms with Gasteiger partial charge in [0.15, 0.2) is 5.65 Å². The third-order valence-electron chi connectivity index (χ3n) is 3.97. The monoisotopic (exact) mass is 350 g/mol. The SMILES string of the molecule is CNc1nc(Nc2ccc(-n3cnc(C)c3)c(OC)c2)nc2[nH]ncc12. The summed E-state index contributed by atoms with van der Waals surface area (Å²) in [5.74, 6) is 1.87. The third-order valence-corrected chi connectivity index (χ3v) is 3.97. The molecular weight excluding hydrogens is 332 g/mol. The summed E-state index contributed by atoms with van der Waals surface area (Å²) in [5.41, 5.74) is 3.31. The normalized spacial score (nSPS) is 10.9. The number of imidazole rings is 1. The molecule has 0 fully saturated rings. The van der Waals surface area contributed by atoms with E-state index in [9.17, 15) is 0 Å². The number of anilines is 3. The summed E-state index contributed by atoms with van der Waals surface area (Å²) >= 11 is 0. The van der Waals surface area contributed by atoms with Crippen molar-refractivity contribution in [2.75, 3.05) is 24.8 Å². The van der Waals surface area contributed by atoms with E-state index in [1.165, 1.54) is 0 Å². The summed E-state index contributed by atoms with van der Waals surface area (Å²) in [6.45, 7) is 1.95. The van der Waals surface area contributed by atoms with Gasteiger partial charge in [0.25, 0.3) is 0 Å². The van der Waals surface area contributed by atoms with Crippen LogP contribution in [-0.2, 0) is 0 Å². The van der Waals surface area contributed by atoms with Crippen LogP contribution >= 0.6 is 0 Å². The molecule has 4 aromatic rings. The number of nitrogens with zero attached hydrogens (tertiary/aromatic N) is 5. The molecule has 9 nitrogen and oxygen atoms in total. The predicted molar refractivity (Wildman–Crippen MR) is 99.4 cm³/mol. The van der Waals surface area contributed by atoms with Crippen LogP contribution in [0.3, 0.4) is 0 Å². The number of hydrogen-bond acceptors (Lipinski definition) is 7. The number of nitrogens with one attached hydrogen (secondary N) is 3. The van der Waals surface area contributed by atoms with Gasteiger partial charge in [-0.3, -0.25) is 5.10 Å². The average Bonchev–Trinajstić information content (AvgIpc) is 3.29. The highest BCUT2D eigenvalue weighted by Crippen LogP contribution is 2.29. The van der Waals surface area contributed by atoms with Gasteiger partial charge in [0, 0.05) is 25.0 Å². The van der Waals surface area contributed by atoms with Crippen LogP contribution in [0.5, 0.6) is 5.75 Å². The van der Waals surface area contributed by atoms with Crippen molar-refractivity contribution in [1.82, 2.24) is 29.7 Å². The largest absolute Gasteiger partial charge is 0.494 e. The van der Waals surface area contributed by atoms with Crippen molar-refractivity contribution >= 4 is 28.5 Å². The zero-order chi connectivity index (χ0) is 18.1. The highest BCUT2D eigenvalue weighted by atomic mass is 16.5. The molecule has 3 heterocycles. The Morgan fingerprint density at radius 2 is 2.12 bits per heavy atom. The molecule has 4 rings (SSSR count). The van der Waals surface area contributed by atoms with Crippen molar-refractivity contribution in [1.29, 1.82) is 0 Å². The number of H-pyrrole nitrogens is 1. The lowest BCUT2D eigenvalue weighted by Gasteiger charge is -2.12. The number of aryl methyl sites for hydroxylation is 1. The molecule has 1 aromatic carbocycles. The van der Waals surface area contributed by atoms with Crippen LogP contribution < -0.4 is 15.4 Å². The standard InChI is InChI=1S/C17H18N8O/c1-10-8-25(9-19-10)13-5-4-11(6-14(13)26-3)21-17-22-15(18-2)12-7-20-24-16(12)23-17/h4-9H,1-3H3,(H3,18,20,21,22,23,24). The Kier molecular flexibility index (Phi) is 3.88. The number of benzene rings is 1. The molecule has 0 bridgehead atoms. The predicted octanol–water partition coefficient (Wildman–Crippen LogP) is 2.64. The second-order valence-electron chi connectivity index (χ2n) is 5.71. The molecule has 0 aliphatic rings. The van der Waals surface area contributed by atoms with E-state index >= 15 is 0 Å². The van der Waals surface area contributed by atoms with E-state index in [0.29, 0.717) is 23.2 Å². The van der Waals surface area contributed by atoms with Gasteiger partial charge in [0.2, 0.25) is 5.95 Å². The first-order valence-corrected chi connectivity index (χ1v) is 8.03. The summed E-state index contributed by atoms with van der Waals surface area (Å²) in [6, 6.07) is 5.78. The summed E-state index contributed by atoms with van der Waals surface area (Å²) in [5, 5.41) is 14.0. The van der Waals surface area contributed by atoms with Gasteiger partial charge in [-0.2, -0.15) is 15.1 Å². The molecule has 0 spiro atoms. The Labute approximate surface area is 149 Å². The van der Waals surface area contributed by atoms with Crippen LogP contribution in [0, 0.1) is 6.92 Å². The molecule has 132 valence electrons. The van der Waals surface area contributed by atoms with Gasteiger partial charge in [-0.15, -0.1) is 0 Å². The maximum absolute atomic E-state index is 5.53. The molecule has 0 aliphatic carbocycles. The first kappa shape index (κ1) is 15.9. The van der Waals surface area contributed by atoms with Gasteiger partial charge >= 0.3 is 0 Å². The van der Waals surface area contributed by atoms with Crippen molar-refractivity contribution in [2.45, 2.75) is 6.92 Å². The molecule has 3 aromatic heterocycles. The first-order chi connectivity index (χ1) is 12.7.